The molecule has 3 aliphatic heterocycles. The number of hydrogen-bond donors (Lipinski definition) is 8. The van der Waals surface area contributed by atoms with E-state index in [1.54, 1.807) is 51.1 Å². The van der Waals surface area contributed by atoms with Crippen LogP contribution in [-0.4, -0.2) is 146 Å². The second kappa shape index (κ2) is 31.6. The molecule has 0 unspecified atom stereocenters. The molecule has 2 fully saturated rings. The molecule has 3 heterocycles. The average molecular weight is 1370 g/mol. The van der Waals surface area contributed by atoms with Gasteiger partial charge in [0, 0.05) is 55.8 Å². The van der Waals surface area contributed by atoms with E-state index in [2.05, 4.69) is 63.8 Å². The van der Waals surface area contributed by atoms with E-state index in [-0.39, 0.29) is 67.2 Å². The third-order valence-electron chi connectivity index (χ3n) is 14.9. The van der Waals surface area contributed by atoms with Gasteiger partial charge in [-0.1, -0.05) is 88.0 Å². The third-order valence-corrected chi connectivity index (χ3v) is 16.8. The largest absolute Gasteiger partial charge is 0.495 e. The molecule has 4 bridgehead atoms. The summed E-state index contributed by atoms with van der Waals surface area (Å²) in [5.41, 5.74) is 0.637. The van der Waals surface area contributed by atoms with Crippen molar-refractivity contribution in [3.05, 3.63) is 70.3 Å². The van der Waals surface area contributed by atoms with E-state index in [9.17, 15) is 43.5 Å². The smallest absolute Gasteiger partial charge is 0.418 e. The zero-order chi connectivity index (χ0) is 63.8. The Labute approximate surface area is 518 Å². The van der Waals surface area contributed by atoms with Crippen molar-refractivity contribution < 1.29 is 85.1 Å². The van der Waals surface area contributed by atoms with E-state index in [0.29, 0.717) is 48.0 Å². The number of urea groups is 1. The van der Waals surface area contributed by atoms with Crippen molar-refractivity contribution in [2.24, 2.45) is 23.5 Å². The van der Waals surface area contributed by atoms with E-state index in [1.165, 1.54) is 33.1 Å². The zero-order valence-corrected chi connectivity index (χ0v) is 52.9. The fourth-order valence-electron chi connectivity index (χ4n) is 9.92. The Morgan fingerprint density at radius 2 is 1.71 bits per heavy atom. The van der Waals surface area contributed by atoms with Crippen LogP contribution in [0.5, 0.6) is 5.75 Å². The number of fused-ring (bicyclic) bond motifs is 5. The molecule has 5 rings (SSSR count). The number of epoxide rings is 1. The highest BCUT2D eigenvalue weighted by molar-refractivity contribution is 9.09. The van der Waals surface area contributed by atoms with Crippen molar-refractivity contribution in [1.29, 1.82) is 0 Å². The summed E-state index contributed by atoms with van der Waals surface area (Å²) < 4.78 is 79.3. The molecule has 0 spiro atoms. The number of hydrogen-bond acceptors (Lipinski definition) is 15. The summed E-state index contributed by atoms with van der Waals surface area (Å²) in [6, 6.07) is 2.34. The quantitative estimate of drug-likeness (QED) is 0.0172. The Kier molecular flexibility index (Phi) is 26.0. The number of alkyl carbamates (subject to hydrolysis) is 1. The number of esters is 1. The maximum atomic E-state index is 15.0. The molecule has 29 heteroatoms. The van der Waals surface area contributed by atoms with E-state index in [1.807, 2.05) is 6.92 Å². The molecule has 2 aromatic carbocycles. The minimum atomic E-state index is -5.19. The normalized spacial score (nSPS) is 24.1. The lowest BCUT2D eigenvalue weighted by Crippen LogP contribution is -2.63. The predicted octanol–water partition coefficient (Wildman–Crippen LogP) is 7.91. The maximum Gasteiger partial charge on any atom is 0.418 e. The Balaban J connectivity index is 1.37. The number of allylic oxidation sites excluding steroid dienone is 3. The number of carbonyl (C=O) groups is 8. The summed E-state index contributed by atoms with van der Waals surface area (Å²) in [6.07, 6.45) is -6.44. The molecule has 2 aromatic rings. The van der Waals surface area contributed by atoms with Gasteiger partial charge < -0.3 is 65.4 Å². The molecule has 2 saturated heterocycles. The van der Waals surface area contributed by atoms with Gasteiger partial charge >= 0.3 is 30.4 Å². The van der Waals surface area contributed by atoms with Crippen LogP contribution < -0.4 is 47.3 Å². The number of anilines is 3. The lowest BCUT2D eigenvalue weighted by Gasteiger charge is -2.42. The molecule has 0 radical (unpaired) electrons. The van der Waals surface area contributed by atoms with Crippen molar-refractivity contribution in [3.63, 3.8) is 0 Å². The number of nitrogens with one attached hydrogen (secondary N) is 6. The average Bonchev–Trinajstić information content (AvgIpc) is 1.95. The SMILES string of the molecule is COc1cc2cc(c1Cl)N(C)C(=O)C[C@H](OC(=O)Nc1ccc(NC(=O)[C@H](CCCNC(N)=O)NC(=O)[C@@H](NC(=O)CCCCCOC(=O)C(CBr)CBr)C(C)C)cc1C(F)(F)F)[C@]1(C)O[C@H]1[C@H](C)[C@@H]1C[C@@](O)(NC(=O)O1)[C@H](OC)/C=C/C=C(\C)C2. The number of unbranched alkanes of at least 4 members (excludes halogenated alkanes) is 2. The molecule has 0 saturated carbocycles. The van der Waals surface area contributed by atoms with Crippen molar-refractivity contribution in [3.8, 4) is 5.75 Å². The van der Waals surface area contributed by atoms with Gasteiger partial charge in [0.1, 0.15) is 46.8 Å². The van der Waals surface area contributed by atoms with Gasteiger partial charge in [-0.2, -0.15) is 13.2 Å². The first-order valence-corrected chi connectivity index (χ1v) is 30.4. The number of benzene rings is 2. The number of aliphatic hydroxyl groups is 1. The molecular weight excluding hydrogens is 1290 g/mol. The van der Waals surface area contributed by atoms with E-state index in [0.717, 1.165) is 17.7 Å². The first-order chi connectivity index (χ1) is 40.5. The topological polar surface area (TPSA) is 317 Å². The third kappa shape index (κ3) is 19.4. The van der Waals surface area contributed by atoms with Gasteiger partial charge in [0.05, 0.1) is 49.1 Å². The van der Waals surface area contributed by atoms with Crippen LogP contribution in [0, 0.1) is 17.8 Å². The van der Waals surface area contributed by atoms with Gasteiger partial charge in [-0.3, -0.25) is 34.6 Å². The molecule has 3 aliphatic rings. The lowest BCUT2D eigenvalue weighted by molar-refractivity contribution is -0.147. The molecule has 476 valence electrons. The lowest BCUT2D eigenvalue weighted by atomic mass is 9.83. The van der Waals surface area contributed by atoms with E-state index in [4.69, 9.17) is 45.8 Å². The first kappa shape index (κ1) is 70.6. The summed E-state index contributed by atoms with van der Waals surface area (Å²) in [7, 11) is 4.17. The molecular formula is C57H76Br2ClF3N8O15. The summed E-state index contributed by atoms with van der Waals surface area (Å²) in [5.74, 6) is -4.66. The highest BCUT2D eigenvalue weighted by Gasteiger charge is 2.64. The number of carbonyl (C=O) groups excluding carboxylic acids is 8. The van der Waals surface area contributed by atoms with Gasteiger partial charge in [-0.15, -0.1) is 0 Å². The number of rotatable bonds is 23. The molecule has 9 atom stereocenters. The Hall–Kier alpha value is -6.20. The second-order valence-electron chi connectivity index (χ2n) is 21.8. The highest BCUT2D eigenvalue weighted by atomic mass is 79.9. The standard InChI is InChI=1S/C57H76Br2ClF3N8O15/c1-30(2)47(69-44(72)17-10-9-11-21-83-51(76)34(28-58)29-59)50(75)67-38(15-13-20-65-52(64)77)49(74)66-35-18-19-37(36(25-35)57(61,62)63)68-53(78)85-43-26-45(73)71(6)39-23-33(24-40(81-7)46(39)60)22-31(3)14-12-16-42(82-8)56(80)27-41(84-54(79)70-56)32(4)48-55(43,5)86-48/h12,14,16,18-19,23-25,30,32,34,38,41-43,47-48,80H,9-11,13,15,17,20-22,26-29H2,1-8H3,(H,66,74)(H,67,75)(H,68,78)(H,69,72)(H,70,79)(H3,64,65,77)/b16-12+,31-14+/t32-,38+,41+,42-,43+,47+,48+,55+,56+/m1/s1. The predicted molar refractivity (Wildman–Crippen MR) is 319 cm³/mol. The molecule has 9 N–H and O–H groups in total. The van der Waals surface area contributed by atoms with Gasteiger partial charge in [0.15, 0.2) is 5.72 Å². The number of nitrogens with two attached hydrogens (primary N) is 1. The van der Waals surface area contributed by atoms with Crippen LogP contribution >= 0.6 is 43.5 Å². The fraction of sp³-hybridized carbons (Fsp3) is 0.579. The first-order valence-electron chi connectivity index (χ1n) is 27.8. The van der Waals surface area contributed by atoms with Crippen molar-refractivity contribution in [1.82, 2.24) is 21.3 Å². The number of halogens is 6. The van der Waals surface area contributed by atoms with Gasteiger partial charge in [-0.05, 0) is 94.2 Å². The molecule has 86 heavy (non-hydrogen) atoms. The molecule has 23 nitrogen and oxygen atoms in total. The number of primary amides is 1. The minimum Gasteiger partial charge on any atom is -0.495 e. The number of ether oxygens (including phenoxy) is 6. The Morgan fingerprint density at radius 1 is 1.00 bits per heavy atom. The van der Waals surface area contributed by atoms with Gasteiger partial charge in [-0.25, -0.2) is 14.4 Å². The number of nitrogens with zero attached hydrogens (tertiary/aromatic N) is 1. The summed E-state index contributed by atoms with van der Waals surface area (Å²) in [5, 5.41) is 27.4. The number of alkyl halides is 5. The van der Waals surface area contributed by atoms with Crippen LogP contribution in [0.3, 0.4) is 0 Å². The Bertz CT molecular complexity index is 2850. The van der Waals surface area contributed by atoms with Crippen molar-refractivity contribution in [2.75, 3.05) is 60.6 Å². The summed E-state index contributed by atoms with van der Waals surface area (Å²) >= 11 is 13.3. The van der Waals surface area contributed by atoms with Crippen molar-refractivity contribution in [2.45, 2.75) is 146 Å². The van der Waals surface area contributed by atoms with Crippen LogP contribution in [0.2, 0.25) is 5.02 Å². The molecule has 0 aliphatic carbocycles. The Morgan fingerprint density at radius 3 is 2.35 bits per heavy atom. The van der Waals surface area contributed by atoms with Crippen LogP contribution in [0.4, 0.5) is 44.6 Å². The minimum absolute atomic E-state index is 0.0215. The molecule has 8 amide bonds. The zero-order valence-electron chi connectivity index (χ0n) is 49.0. The van der Waals surface area contributed by atoms with Crippen LogP contribution in [-0.2, 0) is 60.3 Å². The van der Waals surface area contributed by atoms with Crippen molar-refractivity contribution >= 4 is 108 Å². The van der Waals surface area contributed by atoms with Gasteiger partial charge in [0.2, 0.25) is 23.6 Å². The van der Waals surface area contributed by atoms with E-state index >= 15 is 13.2 Å². The van der Waals surface area contributed by atoms with Crippen LogP contribution in [0.15, 0.2) is 54.1 Å². The van der Waals surface area contributed by atoms with Crippen LogP contribution in [0.25, 0.3) is 0 Å². The summed E-state index contributed by atoms with van der Waals surface area (Å²) in [6.45, 7) is 8.42. The summed E-state index contributed by atoms with van der Waals surface area (Å²) in [4.78, 5) is 107. The molecule has 0 aromatic heterocycles. The van der Waals surface area contributed by atoms with Gasteiger partial charge in [0.25, 0.3) is 0 Å². The second-order valence-corrected chi connectivity index (χ2v) is 23.5. The highest BCUT2D eigenvalue weighted by Crippen LogP contribution is 2.49. The fourth-order valence-corrected chi connectivity index (χ4v) is 11.8. The van der Waals surface area contributed by atoms with Crippen LogP contribution in [0.1, 0.15) is 97.1 Å². The number of methoxy groups -OCH3 is 2. The monoisotopic (exact) mass is 1360 g/mol. The maximum absolute atomic E-state index is 15.0. The van der Waals surface area contributed by atoms with E-state index < -0.39 is 131 Å². The number of amides is 8.